The van der Waals surface area contributed by atoms with Crippen molar-refractivity contribution in [3.8, 4) is 0 Å². The topological polar surface area (TPSA) is 46.6 Å². The summed E-state index contributed by atoms with van der Waals surface area (Å²) in [6.07, 6.45) is 5.39. The molecule has 0 heterocycles. The van der Waals surface area contributed by atoms with E-state index in [9.17, 15) is 14.0 Å². The minimum atomic E-state index is -0.478. The van der Waals surface area contributed by atoms with Gasteiger partial charge in [0.2, 0.25) is 0 Å². The summed E-state index contributed by atoms with van der Waals surface area (Å²) in [5.74, 6) is -1.32. The first-order chi connectivity index (χ1) is 10.5. The van der Waals surface area contributed by atoms with E-state index in [1.165, 1.54) is 43.0 Å². The summed E-state index contributed by atoms with van der Waals surface area (Å²) in [5, 5.41) is 0. The Kier molecular flexibility index (Phi) is 8.18. The van der Waals surface area contributed by atoms with Gasteiger partial charge in [-0.05, 0) is 24.6 Å². The molecule has 5 heteroatoms. The van der Waals surface area contributed by atoms with E-state index in [1.807, 2.05) is 0 Å². The van der Waals surface area contributed by atoms with Crippen molar-refractivity contribution in [2.75, 3.05) is 20.2 Å². The summed E-state index contributed by atoms with van der Waals surface area (Å²) in [5.41, 5.74) is 0.217. The zero-order valence-corrected chi connectivity index (χ0v) is 13.3. The van der Waals surface area contributed by atoms with Crippen molar-refractivity contribution in [3.05, 3.63) is 35.6 Å². The number of ether oxygens (including phenoxy) is 1. The molecule has 0 unspecified atom stereocenters. The number of unbranched alkanes of at least 4 members (excludes halogenated alkanes) is 4. The fourth-order valence-electron chi connectivity index (χ4n) is 2.04. The quantitative estimate of drug-likeness (QED) is 0.519. The van der Waals surface area contributed by atoms with Gasteiger partial charge in [-0.25, -0.2) is 4.39 Å². The van der Waals surface area contributed by atoms with Gasteiger partial charge in [0.1, 0.15) is 12.4 Å². The Hall–Kier alpha value is -1.91. The highest BCUT2D eigenvalue weighted by Gasteiger charge is 2.16. The zero-order chi connectivity index (χ0) is 16.4. The van der Waals surface area contributed by atoms with E-state index in [1.54, 1.807) is 0 Å². The Morgan fingerprint density at radius 2 is 1.91 bits per heavy atom. The van der Waals surface area contributed by atoms with Crippen LogP contribution in [0.1, 0.15) is 49.4 Å². The molecular formula is C17H24FNO3. The molecule has 0 fully saturated rings. The first-order valence-corrected chi connectivity index (χ1v) is 7.71. The van der Waals surface area contributed by atoms with Crippen LogP contribution in [0.15, 0.2) is 24.3 Å². The molecule has 1 aromatic rings. The summed E-state index contributed by atoms with van der Waals surface area (Å²) in [7, 11) is 1.50. The third-order valence-corrected chi connectivity index (χ3v) is 3.30. The molecule has 1 aromatic carbocycles. The van der Waals surface area contributed by atoms with E-state index in [2.05, 4.69) is 6.92 Å². The van der Waals surface area contributed by atoms with E-state index in [0.717, 1.165) is 25.3 Å². The molecule has 22 heavy (non-hydrogen) atoms. The van der Waals surface area contributed by atoms with Gasteiger partial charge in [-0.15, -0.1) is 0 Å². The van der Waals surface area contributed by atoms with E-state index < -0.39 is 17.7 Å². The molecule has 0 saturated carbocycles. The average Bonchev–Trinajstić information content (AvgIpc) is 2.50. The molecule has 122 valence electrons. The second-order valence-electron chi connectivity index (χ2n) is 5.31. The summed E-state index contributed by atoms with van der Waals surface area (Å²) in [4.78, 5) is 24.9. The highest BCUT2D eigenvalue weighted by atomic mass is 19.1. The molecule has 0 saturated heterocycles. The van der Waals surface area contributed by atoms with Crippen molar-refractivity contribution in [3.63, 3.8) is 0 Å². The number of rotatable bonds is 9. The van der Waals surface area contributed by atoms with Crippen molar-refractivity contribution < 1.29 is 18.7 Å². The fourth-order valence-corrected chi connectivity index (χ4v) is 2.04. The van der Waals surface area contributed by atoms with Crippen LogP contribution in [0.5, 0.6) is 0 Å². The zero-order valence-electron chi connectivity index (χ0n) is 13.3. The van der Waals surface area contributed by atoms with Crippen LogP contribution < -0.4 is 0 Å². The number of esters is 1. The summed E-state index contributed by atoms with van der Waals surface area (Å²) in [6.45, 7) is 2.39. The van der Waals surface area contributed by atoms with Crippen LogP contribution in [-0.4, -0.2) is 37.0 Å². The summed E-state index contributed by atoms with van der Waals surface area (Å²) in [6, 6.07) is 5.40. The molecule has 0 radical (unpaired) electrons. The molecule has 0 aliphatic rings. The van der Waals surface area contributed by atoms with Gasteiger partial charge in [-0.2, -0.15) is 0 Å². The highest BCUT2D eigenvalue weighted by molar-refractivity contribution is 5.95. The van der Waals surface area contributed by atoms with Crippen LogP contribution in [0, 0.1) is 5.82 Å². The second kappa shape index (κ2) is 9.92. The van der Waals surface area contributed by atoms with Gasteiger partial charge < -0.3 is 9.64 Å². The van der Waals surface area contributed by atoms with Crippen LogP contribution in [0.3, 0.4) is 0 Å². The molecule has 0 spiro atoms. The standard InChI is InChI=1S/C17H24FNO3/c1-3-4-5-6-7-11-22-16(20)13-19(2)17(21)14-9-8-10-15(18)12-14/h8-10,12H,3-7,11,13H2,1-2H3. The smallest absolute Gasteiger partial charge is 0.325 e. The highest BCUT2D eigenvalue weighted by Crippen LogP contribution is 2.07. The fraction of sp³-hybridized carbons (Fsp3) is 0.529. The number of nitrogens with zero attached hydrogens (tertiary/aromatic N) is 1. The number of amides is 1. The minimum Gasteiger partial charge on any atom is -0.464 e. The van der Waals surface area contributed by atoms with E-state index in [-0.39, 0.29) is 12.1 Å². The lowest BCUT2D eigenvalue weighted by atomic mass is 10.2. The Bertz CT molecular complexity index is 491. The number of carbonyl (C=O) groups is 2. The van der Waals surface area contributed by atoms with Crippen LogP contribution in [-0.2, 0) is 9.53 Å². The average molecular weight is 309 g/mol. The van der Waals surface area contributed by atoms with Gasteiger partial charge in [0.15, 0.2) is 0 Å². The molecule has 0 N–H and O–H groups in total. The van der Waals surface area contributed by atoms with Crippen LogP contribution >= 0.6 is 0 Å². The van der Waals surface area contributed by atoms with Crippen LogP contribution in [0.4, 0.5) is 4.39 Å². The third-order valence-electron chi connectivity index (χ3n) is 3.30. The second-order valence-corrected chi connectivity index (χ2v) is 5.31. The SMILES string of the molecule is CCCCCCCOC(=O)CN(C)C(=O)c1cccc(F)c1. The van der Waals surface area contributed by atoms with E-state index >= 15 is 0 Å². The molecule has 0 bridgehead atoms. The first kappa shape index (κ1) is 18.1. The van der Waals surface area contributed by atoms with Gasteiger partial charge in [-0.3, -0.25) is 9.59 Å². The van der Waals surface area contributed by atoms with Gasteiger partial charge in [0, 0.05) is 12.6 Å². The van der Waals surface area contributed by atoms with Crippen LogP contribution in [0.2, 0.25) is 0 Å². The molecule has 0 aliphatic carbocycles. The maximum absolute atomic E-state index is 13.1. The predicted molar refractivity (Wildman–Crippen MR) is 83.1 cm³/mol. The molecule has 1 amide bonds. The minimum absolute atomic E-state index is 0.135. The molecule has 1 rings (SSSR count). The molecule has 4 nitrogen and oxygen atoms in total. The lowest BCUT2D eigenvalue weighted by Gasteiger charge is -2.16. The lowest BCUT2D eigenvalue weighted by Crippen LogP contribution is -2.33. The number of hydrogen-bond donors (Lipinski definition) is 0. The Balaban J connectivity index is 2.30. The Labute approximate surface area is 131 Å². The van der Waals surface area contributed by atoms with Gasteiger partial charge in [0.05, 0.1) is 6.61 Å². The van der Waals surface area contributed by atoms with Crippen molar-refractivity contribution in [2.24, 2.45) is 0 Å². The summed E-state index contributed by atoms with van der Waals surface area (Å²) >= 11 is 0. The van der Waals surface area contributed by atoms with Crippen molar-refractivity contribution in [1.29, 1.82) is 0 Å². The van der Waals surface area contributed by atoms with Crippen molar-refractivity contribution >= 4 is 11.9 Å². The largest absolute Gasteiger partial charge is 0.464 e. The number of carbonyl (C=O) groups excluding carboxylic acids is 2. The maximum Gasteiger partial charge on any atom is 0.325 e. The maximum atomic E-state index is 13.1. The molecule has 0 aromatic heterocycles. The van der Waals surface area contributed by atoms with E-state index in [0.29, 0.717) is 6.61 Å². The van der Waals surface area contributed by atoms with Gasteiger partial charge >= 0.3 is 5.97 Å². The molecule has 0 aliphatic heterocycles. The third kappa shape index (κ3) is 6.70. The Morgan fingerprint density at radius 1 is 1.18 bits per heavy atom. The monoisotopic (exact) mass is 309 g/mol. The number of benzene rings is 1. The Morgan fingerprint density at radius 3 is 2.59 bits per heavy atom. The summed E-state index contributed by atoms with van der Waals surface area (Å²) < 4.78 is 18.2. The molecular weight excluding hydrogens is 285 g/mol. The number of likely N-dealkylation sites (N-methyl/N-ethyl adjacent to an activating group) is 1. The van der Waals surface area contributed by atoms with Gasteiger partial charge in [-0.1, -0.05) is 38.7 Å². The predicted octanol–water partition coefficient (Wildman–Crippen LogP) is 3.41. The lowest BCUT2D eigenvalue weighted by molar-refractivity contribution is -0.144. The first-order valence-electron chi connectivity index (χ1n) is 7.71. The number of hydrogen-bond acceptors (Lipinski definition) is 3. The molecule has 0 atom stereocenters. The number of halogens is 1. The normalized spacial score (nSPS) is 10.3. The van der Waals surface area contributed by atoms with Crippen LogP contribution in [0.25, 0.3) is 0 Å². The van der Waals surface area contributed by atoms with Crippen molar-refractivity contribution in [1.82, 2.24) is 4.90 Å². The van der Waals surface area contributed by atoms with E-state index in [4.69, 9.17) is 4.74 Å². The van der Waals surface area contributed by atoms with Gasteiger partial charge in [0.25, 0.3) is 5.91 Å². The van der Waals surface area contributed by atoms with Crippen molar-refractivity contribution in [2.45, 2.75) is 39.0 Å².